The van der Waals surface area contributed by atoms with Gasteiger partial charge in [-0.2, -0.15) is 0 Å². The van der Waals surface area contributed by atoms with E-state index in [1.165, 1.54) is 23.7 Å². The zero-order valence-electron chi connectivity index (χ0n) is 17.5. The van der Waals surface area contributed by atoms with E-state index in [-0.39, 0.29) is 29.5 Å². The molecule has 1 aromatic carbocycles. The van der Waals surface area contributed by atoms with E-state index < -0.39 is 17.2 Å². The SMILES string of the molecule is CNC(=O)c1c(O)c2ncc(Cc3ccc(F)cc3)c3c2n(c1=O)CC(CN(C)C)O3. The molecule has 0 spiro atoms. The van der Waals surface area contributed by atoms with Crippen molar-refractivity contribution in [2.75, 3.05) is 27.7 Å². The molecular formula is C22H23FN4O4. The Morgan fingerprint density at radius 2 is 2.06 bits per heavy atom. The Morgan fingerprint density at radius 1 is 1.35 bits per heavy atom. The van der Waals surface area contributed by atoms with Crippen LogP contribution in [0.3, 0.4) is 0 Å². The van der Waals surface area contributed by atoms with Gasteiger partial charge in [-0.1, -0.05) is 12.1 Å². The minimum Gasteiger partial charge on any atom is -0.505 e. The van der Waals surface area contributed by atoms with Crippen molar-refractivity contribution in [1.29, 1.82) is 0 Å². The molecule has 1 amide bonds. The second kappa shape index (κ2) is 7.99. The molecule has 0 saturated carbocycles. The molecule has 162 valence electrons. The second-order valence-corrected chi connectivity index (χ2v) is 7.83. The predicted octanol–water partition coefficient (Wildman–Crippen LogP) is 1.51. The summed E-state index contributed by atoms with van der Waals surface area (Å²) in [5, 5.41) is 13.1. The van der Waals surface area contributed by atoms with E-state index in [2.05, 4.69) is 10.3 Å². The fourth-order valence-electron chi connectivity index (χ4n) is 3.90. The van der Waals surface area contributed by atoms with Crippen molar-refractivity contribution in [3.8, 4) is 11.5 Å². The molecule has 1 unspecified atom stereocenters. The fraction of sp³-hybridized carbons (Fsp3) is 0.318. The lowest BCUT2D eigenvalue weighted by Crippen LogP contribution is -2.42. The number of nitrogens with one attached hydrogen (secondary N) is 1. The zero-order chi connectivity index (χ0) is 22.3. The summed E-state index contributed by atoms with van der Waals surface area (Å²) >= 11 is 0. The van der Waals surface area contributed by atoms with Crippen LogP contribution >= 0.6 is 0 Å². The Kier molecular flexibility index (Phi) is 5.36. The van der Waals surface area contributed by atoms with Crippen molar-refractivity contribution in [2.24, 2.45) is 0 Å². The van der Waals surface area contributed by atoms with Gasteiger partial charge < -0.3 is 20.1 Å². The molecule has 2 aromatic heterocycles. The number of halogens is 1. The summed E-state index contributed by atoms with van der Waals surface area (Å²) in [4.78, 5) is 31.7. The molecule has 1 aliphatic rings. The number of likely N-dealkylation sites (N-methyl/N-ethyl adjacent to an activating group) is 1. The number of carbonyl (C=O) groups is 1. The van der Waals surface area contributed by atoms with Gasteiger partial charge in [0.05, 0.1) is 6.54 Å². The number of ether oxygens (including phenoxy) is 1. The van der Waals surface area contributed by atoms with Crippen LogP contribution in [0, 0.1) is 5.82 Å². The number of amides is 1. The predicted molar refractivity (Wildman–Crippen MR) is 113 cm³/mol. The number of carbonyl (C=O) groups excluding carboxylic acids is 1. The van der Waals surface area contributed by atoms with E-state index in [0.29, 0.717) is 29.8 Å². The summed E-state index contributed by atoms with van der Waals surface area (Å²) in [5.41, 5.74) is 1.08. The minimum absolute atomic E-state index is 0.124. The highest BCUT2D eigenvalue weighted by molar-refractivity contribution is 6.02. The van der Waals surface area contributed by atoms with Crippen molar-refractivity contribution < 1.29 is 19.0 Å². The van der Waals surface area contributed by atoms with Gasteiger partial charge in [0.25, 0.3) is 11.5 Å². The summed E-state index contributed by atoms with van der Waals surface area (Å²) in [6.07, 6.45) is 1.61. The molecule has 31 heavy (non-hydrogen) atoms. The molecule has 0 aliphatic carbocycles. The van der Waals surface area contributed by atoms with Gasteiger partial charge in [0.15, 0.2) is 11.5 Å². The van der Waals surface area contributed by atoms with Gasteiger partial charge in [-0.3, -0.25) is 19.1 Å². The molecule has 1 atom stereocenters. The standard InChI is InChI=1S/C22H23FN4O4/c1-24-21(29)16-19(28)17-18-20(31-15(10-26(2)3)11-27(18)22(16)30)13(9-25-17)8-12-4-6-14(23)7-5-12/h4-7,9,15,28H,8,10-11H2,1-3H3,(H,24,29). The molecule has 4 rings (SSSR count). The van der Waals surface area contributed by atoms with Crippen molar-refractivity contribution in [2.45, 2.75) is 19.1 Å². The van der Waals surface area contributed by atoms with Gasteiger partial charge in [0, 0.05) is 31.8 Å². The number of nitrogens with zero attached hydrogens (tertiary/aromatic N) is 3. The zero-order valence-corrected chi connectivity index (χ0v) is 17.5. The average molecular weight is 426 g/mol. The molecule has 0 bridgehead atoms. The highest BCUT2D eigenvalue weighted by Gasteiger charge is 2.31. The molecule has 9 heteroatoms. The van der Waals surface area contributed by atoms with Crippen molar-refractivity contribution in [3.05, 3.63) is 63.3 Å². The van der Waals surface area contributed by atoms with Crippen LogP contribution in [0.15, 0.2) is 35.3 Å². The first-order valence-corrected chi connectivity index (χ1v) is 9.85. The number of hydrogen-bond donors (Lipinski definition) is 2. The maximum Gasteiger partial charge on any atom is 0.268 e. The lowest BCUT2D eigenvalue weighted by atomic mass is 10.0. The van der Waals surface area contributed by atoms with Gasteiger partial charge in [0.2, 0.25) is 0 Å². The first-order valence-electron chi connectivity index (χ1n) is 9.85. The Hall–Kier alpha value is -3.46. The number of benzene rings is 1. The van der Waals surface area contributed by atoms with E-state index in [9.17, 15) is 19.1 Å². The number of rotatable bonds is 5. The smallest absolute Gasteiger partial charge is 0.268 e. The number of hydrogen-bond acceptors (Lipinski definition) is 6. The summed E-state index contributed by atoms with van der Waals surface area (Å²) < 4.78 is 21.0. The largest absolute Gasteiger partial charge is 0.505 e. The van der Waals surface area contributed by atoms with E-state index in [1.54, 1.807) is 18.3 Å². The quantitative estimate of drug-likeness (QED) is 0.642. The van der Waals surface area contributed by atoms with Crippen LogP contribution < -0.4 is 15.6 Å². The number of aromatic nitrogens is 2. The summed E-state index contributed by atoms with van der Waals surface area (Å²) in [6.45, 7) is 0.758. The van der Waals surface area contributed by atoms with Crippen LogP contribution in [-0.4, -0.2) is 59.3 Å². The molecule has 0 radical (unpaired) electrons. The van der Waals surface area contributed by atoms with Crippen molar-refractivity contribution >= 4 is 16.9 Å². The maximum atomic E-state index is 13.3. The van der Waals surface area contributed by atoms with Crippen molar-refractivity contribution in [3.63, 3.8) is 0 Å². The molecule has 0 fully saturated rings. The van der Waals surface area contributed by atoms with Crippen molar-refractivity contribution in [1.82, 2.24) is 19.8 Å². The molecule has 2 N–H and O–H groups in total. The van der Waals surface area contributed by atoms with Crippen LogP contribution in [0.25, 0.3) is 11.0 Å². The summed E-state index contributed by atoms with van der Waals surface area (Å²) in [6, 6.07) is 6.10. The van der Waals surface area contributed by atoms with Crippen LogP contribution in [0.4, 0.5) is 4.39 Å². The third-order valence-corrected chi connectivity index (χ3v) is 5.27. The van der Waals surface area contributed by atoms with Gasteiger partial charge >= 0.3 is 0 Å². The van der Waals surface area contributed by atoms with Crippen LogP contribution in [-0.2, 0) is 13.0 Å². The Bertz CT molecular complexity index is 1220. The lowest BCUT2D eigenvalue weighted by Gasteiger charge is -2.31. The molecule has 3 heterocycles. The molecule has 0 saturated heterocycles. The van der Waals surface area contributed by atoms with E-state index in [0.717, 1.165) is 5.56 Å². The minimum atomic E-state index is -0.678. The Morgan fingerprint density at radius 3 is 2.71 bits per heavy atom. The van der Waals surface area contributed by atoms with Gasteiger partial charge in [-0.25, -0.2) is 4.39 Å². The highest BCUT2D eigenvalue weighted by Crippen LogP contribution is 2.37. The Balaban J connectivity index is 1.94. The number of aromatic hydroxyl groups is 1. The average Bonchev–Trinajstić information content (AvgIpc) is 2.73. The summed E-state index contributed by atoms with van der Waals surface area (Å²) in [7, 11) is 5.19. The molecule has 3 aromatic rings. The third kappa shape index (κ3) is 3.72. The van der Waals surface area contributed by atoms with Gasteiger partial charge in [0.1, 0.15) is 28.5 Å². The van der Waals surface area contributed by atoms with E-state index in [4.69, 9.17) is 4.74 Å². The van der Waals surface area contributed by atoms with Gasteiger partial charge in [-0.15, -0.1) is 0 Å². The molecular weight excluding hydrogens is 403 g/mol. The Labute approximate surface area is 177 Å². The topological polar surface area (TPSA) is 96.7 Å². The lowest BCUT2D eigenvalue weighted by molar-refractivity contribution is 0.0956. The van der Waals surface area contributed by atoms with E-state index in [1.807, 2.05) is 19.0 Å². The van der Waals surface area contributed by atoms with Crippen LogP contribution in [0.1, 0.15) is 21.5 Å². The monoisotopic (exact) mass is 426 g/mol. The normalized spacial score (nSPS) is 15.2. The van der Waals surface area contributed by atoms with Crippen LogP contribution in [0.5, 0.6) is 11.5 Å². The molecule has 1 aliphatic heterocycles. The first-order chi connectivity index (χ1) is 14.8. The third-order valence-electron chi connectivity index (χ3n) is 5.27. The fourth-order valence-corrected chi connectivity index (χ4v) is 3.90. The molecule has 8 nitrogen and oxygen atoms in total. The first kappa shape index (κ1) is 20.8. The summed E-state index contributed by atoms with van der Waals surface area (Å²) in [5.74, 6) is -1.05. The van der Waals surface area contributed by atoms with E-state index >= 15 is 0 Å². The number of pyridine rings is 2. The highest BCUT2D eigenvalue weighted by atomic mass is 19.1. The second-order valence-electron chi connectivity index (χ2n) is 7.83. The maximum absolute atomic E-state index is 13.3. The van der Waals surface area contributed by atoms with Crippen LogP contribution in [0.2, 0.25) is 0 Å². The van der Waals surface area contributed by atoms with Gasteiger partial charge in [-0.05, 0) is 31.8 Å².